The molecule has 3 atom stereocenters. The fourth-order valence-electron chi connectivity index (χ4n) is 4.03. The van der Waals surface area contributed by atoms with Crippen LogP contribution in [0.5, 0.6) is 0 Å². The highest BCUT2D eigenvalue weighted by Crippen LogP contribution is 2.30. The third-order valence-corrected chi connectivity index (χ3v) is 6.08. The van der Waals surface area contributed by atoms with E-state index < -0.39 is 0 Å². The first-order valence-corrected chi connectivity index (χ1v) is 9.93. The number of thiazole rings is 1. The lowest BCUT2D eigenvalue weighted by Crippen LogP contribution is -2.59. The van der Waals surface area contributed by atoms with Crippen molar-refractivity contribution in [2.75, 3.05) is 13.1 Å². The molecule has 2 fully saturated rings. The molecule has 7 heteroatoms. The molecule has 3 unspecified atom stereocenters. The third-order valence-electron chi connectivity index (χ3n) is 5.16. The van der Waals surface area contributed by atoms with Gasteiger partial charge in [-0.2, -0.15) is 0 Å². The standard InChI is InChI=1S/C18H28N4O2S/c1-11(2)5-16-18(24)22-7-14(20-13(4)23)6-15(22)8-21(16)9-17-12(3)19-10-25-17/h10-11,14-16H,5-9H2,1-4H3,(H,20,23). The number of aryl methyl sites for hydroxylation is 1. The Kier molecular flexibility index (Phi) is 5.43. The summed E-state index contributed by atoms with van der Waals surface area (Å²) < 4.78 is 0. The van der Waals surface area contributed by atoms with Gasteiger partial charge in [-0.25, -0.2) is 4.98 Å². The Hall–Kier alpha value is -1.47. The SMILES string of the molecule is CC(=O)NC1CC2CN(Cc3scnc3C)C(CC(C)C)C(=O)N2C1. The first kappa shape index (κ1) is 18.3. The molecular formula is C18H28N4O2S. The Morgan fingerprint density at radius 3 is 2.80 bits per heavy atom. The van der Waals surface area contributed by atoms with E-state index >= 15 is 0 Å². The van der Waals surface area contributed by atoms with Crippen LogP contribution < -0.4 is 5.32 Å². The van der Waals surface area contributed by atoms with Crippen LogP contribution in [0.1, 0.15) is 44.2 Å². The van der Waals surface area contributed by atoms with E-state index in [0.717, 1.165) is 31.6 Å². The van der Waals surface area contributed by atoms with Crippen molar-refractivity contribution in [2.45, 2.75) is 65.2 Å². The number of rotatable bonds is 5. The van der Waals surface area contributed by atoms with Crippen molar-refractivity contribution in [3.8, 4) is 0 Å². The number of carbonyl (C=O) groups excluding carboxylic acids is 2. The monoisotopic (exact) mass is 364 g/mol. The number of aromatic nitrogens is 1. The van der Waals surface area contributed by atoms with E-state index in [-0.39, 0.29) is 29.9 Å². The molecular weight excluding hydrogens is 336 g/mol. The van der Waals surface area contributed by atoms with E-state index in [1.54, 1.807) is 18.3 Å². The molecule has 6 nitrogen and oxygen atoms in total. The fraction of sp³-hybridized carbons (Fsp3) is 0.722. The Morgan fingerprint density at radius 2 is 2.20 bits per heavy atom. The van der Waals surface area contributed by atoms with Gasteiger partial charge in [0, 0.05) is 43.5 Å². The van der Waals surface area contributed by atoms with Crippen LogP contribution >= 0.6 is 11.3 Å². The highest BCUT2D eigenvalue weighted by atomic mass is 32.1. The van der Waals surface area contributed by atoms with Crippen LogP contribution in [0.2, 0.25) is 0 Å². The molecule has 3 heterocycles. The molecule has 138 valence electrons. The van der Waals surface area contributed by atoms with E-state index in [1.807, 2.05) is 17.3 Å². The average Bonchev–Trinajstić information content (AvgIpc) is 3.09. The normalized spacial score (nSPS) is 27.0. The number of nitrogens with zero attached hydrogens (tertiary/aromatic N) is 3. The third kappa shape index (κ3) is 4.03. The molecule has 1 N–H and O–H groups in total. The Labute approximate surface area is 153 Å². The Morgan fingerprint density at radius 1 is 1.44 bits per heavy atom. The van der Waals surface area contributed by atoms with Crippen molar-refractivity contribution >= 4 is 23.2 Å². The van der Waals surface area contributed by atoms with E-state index in [4.69, 9.17) is 0 Å². The van der Waals surface area contributed by atoms with Crippen LogP contribution in [-0.4, -0.2) is 57.8 Å². The van der Waals surface area contributed by atoms with Crippen molar-refractivity contribution in [1.29, 1.82) is 0 Å². The molecule has 0 aromatic carbocycles. The molecule has 1 aromatic rings. The van der Waals surface area contributed by atoms with Crippen LogP contribution in [0.15, 0.2) is 5.51 Å². The summed E-state index contributed by atoms with van der Waals surface area (Å²) in [6.45, 7) is 10.2. The van der Waals surface area contributed by atoms with E-state index in [2.05, 4.69) is 29.0 Å². The second-order valence-electron chi connectivity index (χ2n) is 7.71. The van der Waals surface area contributed by atoms with Crippen LogP contribution in [0.4, 0.5) is 0 Å². The van der Waals surface area contributed by atoms with Crippen LogP contribution in [0.3, 0.4) is 0 Å². The van der Waals surface area contributed by atoms with Gasteiger partial charge in [-0.05, 0) is 25.7 Å². The highest BCUT2D eigenvalue weighted by Gasteiger charge is 2.45. The summed E-state index contributed by atoms with van der Waals surface area (Å²) in [7, 11) is 0. The highest BCUT2D eigenvalue weighted by molar-refractivity contribution is 7.09. The molecule has 0 bridgehead atoms. The minimum Gasteiger partial charge on any atom is -0.352 e. The maximum Gasteiger partial charge on any atom is 0.240 e. The molecule has 3 rings (SSSR count). The minimum absolute atomic E-state index is 0.0202. The molecule has 0 saturated carbocycles. The molecule has 0 aliphatic carbocycles. The van der Waals surface area contributed by atoms with Gasteiger partial charge in [-0.1, -0.05) is 13.8 Å². The molecule has 1 aromatic heterocycles. The quantitative estimate of drug-likeness (QED) is 0.865. The van der Waals surface area contributed by atoms with Gasteiger partial charge in [0.2, 0.25) is 11.8 Å². The zero-order chi connectivity index (χ0) is 18.1. The van der Waals surface area contributed by atoms with Crippen LogP contribution in [0.25, 0.3) is 0 Å². The summed E-state index contributed by atoms with van der Waals surface area (Å²) in [5.74, 6) is 0.664. The first-order valence-electron chi connectivity index (χ1n) is 9.05. The number of hydrogen-bond donors (Lipinski definition) is 1. The van der Waals surface area contributed by atoms with Crippen LogP contribution in [-0.2, 0) is 16.1 Å². The van der Waals surface area contributed by atoms with Gasteiger partial charge < -0.3 is 10.2 Å². The largest absolute Gasteiger partial charge is 0.352 e. The number of amides is 2. The lowest BCUT2D eigenvalue weighted by Gasteiger charge is -2.43. The van der Waals surface area contributed by atoms with E-state index in [0.29, 0.717) is 12.5 Å². The lowest BCUT2D eigenvalue weighted by atomic mass is 9.97. The van der Waals surface area contributed by atoms with Crippen LogP contribution in [0, 0.1) is 12.8 Å². The molecule has 2 aliphatic heterocycles. The molecule has 2 amide bonds. The molecule has 25 heavy (non-hydrogen) atoms. The molecule has 2 saturated heterocycles. The molecule has 0 radical (unpaired) electrons. The Balaban J connectivity index is 1.78. The van der Waals surface area contributed by atoms with Gasteiger partial charge >= 0.3 is 0 Å². The summed E-state index contributed by atoms with van der Waals surface area (Å²) in [6, 6.07) is 0.200. The van der Waals surface area contributed by atoms with E-state index in [9.17, 15) is 9.59 Å². The van der Waals surface area contributed by atoms with Gasteiger partial charge in [0.25, 0.3) is 0 Å². The van der Waals surface area contributed by atoms with Crippen molar-refractivity contribution in [3.05, 3.63) is 16.1 Å². The van der Waals surface area contributed by atoms with Gasteiger partial charge in [0.1, 0.15) is 0 Å². The van der Waals surface area contributed by atoms with Gasteiger partial charge in [-0.3, -0.25) is 14.5 Å². The molecule has 0 spiro atoms. The maximum atomic E-state index is 13.2. The second kappa shape index (κ2) is 7.41. The fourth-order valence-corrected chi connectivity index (χ4v) is 4.83. The maximum absolute atomic E-state index is 13.2. The van der Waals surface area contributed by atoms with Gasteiger partial charge in [-0.15, -0.1) is 11.3 Å². The lowest BCUT2D eigenvalue weighted by molar-refractivity contribution is -0.145. The smallest absolute Gasteiger partial charge is 0.240 e. The number of hydrogen-bond acceptors (Lipinski definition) is 5. The summed E-state index contributed by atoms with van der Waals surface area (Å²) in [6.07, 6.45) is 1.71. The summed E-state index contributed by atoms with van der Waals surface area (Å²) in [5, 5.41) is 2.98. The van der Waals surface area contributed by atoms with Crippen molar-refractivity contribution in [1.82, 2.24) is 20.1 Å². The molecule has 2 aliphatic rings. The topological polar surface area (TPSA) is 65.5 Å². The zero-order valence-electron chi connectivity index (χ0n) is 15.5. The summed E-state index contributed by atoms with van der Waals surface area (Å²) in [5.41, 5.74) is 2.94. The van der Waals surface area contributed by atoms with E-state index in [1.165, 1.54) is 4.88 Å². The average molecular weight is 365 g/mol. The number of nitrogens with one attached hydrogen (secondary N) is 1. The second-order valence-corrected chi connectivity index (χ2v) is 8.65. The summed E-state index contributed by atoms with van der Waals surface area (Å²) in [4.78, 5) is 34.5. The zero-order valence-corrected chi connectivity index (χ0v) is 16.3. The number of carbonyl (C=O) groups is 2. The number of fused-ring (bicyclic) bond motifs is 1. The minimum atomic E-state index is -0.0752. The van der Waals surface area contributed by atoms with Crippen molar-refractivity contribution < 1.29 is 9.59 Å². The van der Waals surface area contributed by atoms with Crippen molar-refractivity contribution in [2.24, 2.45) is 5.92 Å². The van der Waals surface area contributed by atoms with Gasteiger partial charge in [0.05, 0.1) is 17.2 Å². The number of piperazine rings is 1. The predicted octanol–water partition coefficient (Wildman–Crippen LogP) is 1.79. The van der Waals surface area contributed by atoms with Crippen molar-refractivity contribution in [3.63, 3.8) is 0 Å². The van der Waals surface area contributed by atoms with Gasteiger partial charge in [0.15, 0.2) is 0 Å². The first-order chi connectivity index (χ1) is 11.8. The Bertz CT molecular complexity index is 645. The summed E-state index contributed by atoms with van der Waals surface area (Å²) >= 11 is 1.66. The predicted molar refractivity (Wildman–Crippen MR) is 98.2 cm³/mol.